The molecule has 3 heterocycles. The molecule has 0 amide bonds. The van der Waals surface area contributed by atoms with Crippen LogP contribution in [0.3, 0.4) is 0 Å². The summed E-state index contributed by atoms with van der Waals surface area (Å²) in [4.78, 5) is 10.0. The lowest BCUT2D eigenvalue weighted by Gasteiger charge is -2.37. The van der Waals surface area contributed by atoms with Gasteiger partial charge in [0.15, 0.2) is 17.5 Å². The van der Waals surface area contributed by atoms with Gasteiger partial charge in [0, 0.05) is 19.5 Å². The normalized spacial score (nSPS) is 22.7. The van der Waals surface area contributed by atoms with E-state index < -0.39 is 23.6 Å². The largest absolute Gasteiger partial charge is 0.416 e. The van der Waals surface area contributed by atoms with E-state index in [1.165, 1.54) is 18.5 Å². The predicted molar refractivity (Wildman–Crippen MR) is 126 cm³/mol. The van der Waals surface area contributed by atoms with E-state index in [2.05, 4.69) is 35.9 Å². The maximum absolute atomic E-state index is 15.6. The van der Waals surface area contributed by atoms with E-state index in [-0.39, 0.29) is 18.2 Å². The van der Waals surface area contributed by atoms with Crippen molar-refractivity contribution in [1.82, 2.24) is 30.6 Å². The number of anilines is 2. The molecule has 0 unspecified atom stereocenters. The van der Waals surface area contributed by atoms with Crippen LogP contribution in [0.5, 0.6) is 0 Å². The van der Waals surface area contributed by atoms with Gasteiger partial charge in [-0.1, -0.05) is 17.3 Å². The zero-order chi connectivity index (χ0) is 25.8. The van der Waals surface area contributed by atoms with E-state index >= 15 is 4.39 Å². The summed E-state index contributed by atoms with van der Waals surface area (Å²) in [6, 6.07) is 4.40. The van der Waals surface area contributed by atoms with Crippen LogP contribution in [0, 0.1) is 17.7 Å². The topological polar surface area (TPSA) is 105 Å². The molecular formula is C24H28F4N8O. The summed E-state index contributed by atoms with van der Waals surface area (Å²) in [6.07, 6.45) is 1.79. The Morgan fingerprint density at radius 1 is 1.05 bits per heavy atom. The molecule has 1 aliphatic heterocycles. The van der Waals surface area contributed by atoms with Crippen LogP contribution in [0.15, 0.2) is 30.6 Å². The van der Waals surface area contributed by atoms with Gasteiger partial charge in [-0.2, -0.15) is 22.8 Å². The molecule has 2 aliphatic rings. The molecule has 5 rings (SSSR count). The molecule has 1 aliphatic carbocycles. The molecule has 1 saturated carbocycles. The molecule has 1 aromatic carbocycles. The van der Waals surface area contributed by atoms with E-state index in [1.807, 2.05) is 0 Å². The fourth-order valence-electron chi connectivity index (χ4n) is 5.12. The fraction of sp³-hybridized carbons (Fsp3) is 0.542. The van der Waals surface area contributed by atoms with Crippen molar-refractivity contribution in [1.29, 1.82) is 0 Å². The second-order valence-corrected chi connectivity index (χ2v) is 9.56. The van der Waals surface area contributed by atoms with Gasteiger partial charge in [-0.25, -0.2) is 9.97 Å². The van der Waals surface area contributed by atoms with Crippen LogP contribution in [0.4, 0.5) is 29.2 Å². The Morgan fingerprint density at radius 2 is 1.81 bits per heavy atom. The van der Waals surface area contributed by atoms with Crippen LogP contribution in [0.1, 0.15) is 48.7 Å². The molecule has 0 bridgehead atoms. The molecule has 37 heavy (non-hydrogen) atoms. The van der Waals surface area contributed by atoms with Crippen LogP contribution in [0.2, 0.25) is 0 Å². The number of hydrogen-bond donors (Lipinski definition) is 2. The Balaban J connectivity index is 1.23. The van der Waals surface area contributed by atoms with Gasteiger partial charge in [0.25, 0.3) is 0 Å². The number of alkyl halides is 3. The van der Waals surface area contributed by atoms with Gasteiger partial charge in [0.2, 0.25) is 5.82 Å². The molecule has 13 heteroatoms. The number of H-pyrrole nitrogens is 1. The zero-order valence-corrected chi connectivity index (χ0v) is 20.1. The van der Waals surface area contributed by atoms with Gasteiger partial charge < -0.3 is 15.0 Å². The monoisotopic (exact) mass is 520 g/mol. The Morgan fingerprint density at radius 3 is 2.51 bits per heavy atom. The molecule has 9 nitrogen and oxygen atoms in total. The van der Waals surface area contributed by atoms with Crippen LogP contribution in [-0.4, -0.2) is 56.9 Å². The number of nitrogens with zero attached hydrogens (tertiary/aromatic N) is 6. The SMILES string of the molecule is Fc1c(NCC2CCC(Cc3nn[nH]n3)CC2)ncnc1N1CCOC[C@@H]1c1ccc(C(F)(F)F)cc1. The summed E-state index contributed by atoms with van der Waals surface area (Å²) in [5, 5.41) is 17.3. The number of nitrogens with one attached hydrogen (secondary N) is 2. The molecular weight excluding hydrogens is 492 g/mol. The summed E-state index contributed by atoms with van der Waals surface area (Å²) in [5.41, 5.74) is -0.138. The number of benzene rings is 1. The average Bonchev–Trinajstić information content (AvgIpc) is 3.42. The van der Waals surface area contributed by atoms with Gasteiger partial charge >= 0.3 is 6.18 Å². The smallest absolute Gasteiger partial charge is 0.377 e. The Hall–Kier alpha value is -3.35. The van der Waals surface area contributed by atoms with Crippen molar-refractivity contribution in [2.75, 3.05) is 36.5 Å². The minimum Gasteiger partial charge on any atom is -0.377 e. The summed E-state index contributed by atoms with van der Waals surface area (Å²) in [7, 11) is 0. The van der Waals surface area contributed by atoms with Crippen molar-refractivity contribution in [2.24, 2.45) is 11.8 Å². The van der Waals surface area contributed by atoms with E-state index in [1.54, 1.807) is 4.90 Å². The van der Waals surface area contributed by atoms with Crippen molar-refractivity contribution in [3.8, 4) is 0 Å². The number of tetrazole rings is 1. The van der Waals surface area contributed by atoms with Crippen molar-refractivity contribution < 1.29 is 22.3 Å². The van der Waals surface area contributed by atoms with E-state index in [9.17, 15) is 13.2 Å². The Kier molecular flexibility index (Phi) is 7.49. The third kappa shape index (κ3) is 5.97. The number of halogens is 4. The minimum atomic E-state index is -4.42. The second kappa shape index (κ2) is 11.0. The number of hydrogen-bond acceptors (Lipinski definition) is 8. The quantitative estimate of drug-likeness (QED) is 0.447. The van der Waals surface area contributed by atoms with E-state index in [0.717, 1.165) is 50.1 Å². The van der Waals surface area contributed by atoms with Gasteiger partial charge in [0.05, 0.1) is 24.8 Å². The van der Waals surface area contributed by atoms with Crippen molar-refractivity contribution in [3.63, 3.8) is 0 Å². The summed E-state index contributed by atoms with van der Waals surface area (Å²) < 4.78 is 60.1. The zero-order valence-electron chi connectivity index (χ0n) is 20.1. The van der Waals surface area contributed by atoms with Crippen molar-refractivity contribution in [3.05, 3.63) is 53.4 Å². The Labute approximate surface area is 211 Å². The maximum atomic E-state index is 15.6. The van der Waals surface area contributed by atoms with Crippen molar-refractivity contribution >= 4 is 11.6 Å². The van der Waals surface area contributed by atoms with E-state index in [0.29, 0.717) is 37.1 Å². The lowest BCUT2D eigenvalue weighted by atomic mass is 9.80. The summed E-state index contributed by atoms with van der Waals surface area (Å²) in [6.45, 7) is 1.51. The first-order chi connectivity index (χ1) is 17.9. The molecule has 2 fully saturated rings. The first-order valence-electron chi connectivity index (χ1n) is 12.4. The highest BCUT2D eigenvalue weighted by atomic mass is 19.4. The number of aromatic nitrogens is 6. The highest BCUT2D eigenvalue weighted by Crippen LogP contribution is 2.35. The summed E-state index contributed by atoms with van der Waals surface area (Å²) in [5.74, 6) is 1.29. The molecule has 3 aromatic rings. The maximum Gasteiger partial charge on any atom is 0.416 e. The minimum absolute atomic E-state index is 0.106. The number of morpholine rings is 1. The number of ether oxygens (including phenoxy) is 1. The van der Waals surface area contributed by atoms with Crippen LogP contribution < -0.4 is 10.2 Å². The Bertz CT molecular complexity index is 1150. The molecule has 2 N–H and O–H groups in total. The molecule has 198 valence electrons. The number of rotatable bonds is 7. The highest BCUT2D eigenvalue weighted by Gasteiger charge is 2.33. The average molecular weight is 521 g/mol. The first-order valence-corrected chi connectivity index (χ1v) is 12.4. The molecule has 0 spiro atoms. The molecule has 2 aromatic heterocycles. The van der Waals surface area contributed by atoms with Gasteiger partial charge in [0.1, 0.15) is 6.33 Å². The molecule has 1 atom stereocenters. The van der Waals surface area contributed by atoms with Crippen LogP contribution in [-0.2, 0) is 17.3 Å². The molecule has 0 radical (unpaired) electrons. The lowest BCUT2D eigenvalue weighted by molar-refractivity contribution is -0.137. The van der Waals surface area contributed by atoms with Crippen LogP contribution >= 0.6 is 0 Å². The van der Waals surface area contributed by atoms with Gasteiger partial charge in [-0.05, 0) is 55.2 Å². The molecule has 1 saturated heterocycles. The first kappa shape index (κ1) is 25.3. The highest BCUT2D eigenvalue weighted by molar-refractivity contribution is 5.53. The van der Waals surface area contributed by atoms with Crippen molar-refractivity contribution in [2.45, 2.75) is 44.3 Å². The van der Waals surface area contributed by atoms with Crippen LogP contribution in [0.25, 0.3) is 0 Å². The van der Waals surface area contributed by atoms with Gasteiger partial charge in [-0.3, -0.25) is 0 Å². The predicted octanol–water partition coefficient (Wildman–Crippen LogP) is 4.19. The lowest BCUT2D eigenvalue weighted by Crippen LogP contribution is -2.40. The summed E-state index contributed by atoms with van der Waals surface area (Å²) >= 11 is 0. The fourth-order valence-corrected chi connectivity index (χ4v) is 5.12. The third-order valence-electron chi connectivity index (χ3n) is 7.18. The number of aromatic amines is 1. The van der Waals surface area contributed by atoms with Gasteiger partial charge in [-0.15, -0.1) is 10.2 Å². The third-order valence-corrected chi connectivity index (χ3v) is 7.18. The van der Waals surface area contributed by atoms with E-state index in [4.69, 9.17) is 4.74 Å². The second-order valence-electron chi connectivity index (χ2n) is 9.56. The standard InChI is InChI=1S/C24H28F4N8O/c25-21-22(29-12-16-3-1-15(2-4-16)11-20-32-34-35-33-20)30-14-31-23(21)36-9-10-37-13-19(36)17-5-7-18(8-6-17)24(26,27)28/h5-8,14-16,19H,1-4,9-13H2,(H,29,30,31)(H,32,33,34,35)/t15?,16?,19-/m1/s1.